The van der Waals surface area contributed by atoms with E-state index in [1.165, 1.54) is 29.5 Å². The number of thiophene rings is 1. The Labute approximate surface area is 151 Å². The number of nitrogens with one attached hydrogen (secondary N) is 3. The molecule has 1 aromatic carbocycles. The minimum atomic E-state index is -0.591. The molecule has 0 saturated carbocycles. The highest BCUT2D eigenvalue weighted by molar-refractivity contribution is 7.13. The molecule has 0 spiro atoms. The van der Waals surface area contributed by atoms with Crippen molar-refractivity contribution in [3.63, 3.8) is 0 Å². The molecule has 0 bridgehead atoms. The lowest BCUT2D eigenvalue weighted by atomic mass is 10.2. The Morgan fingerprint density at radius 2 is 2.08 bits per heavy atom. The number of carbonyl (C=O) groups is 2. The normalized spacial score (nSPS) is 10.3. The molecule has 3 N–H and O–H groups in total. The average molecular weight is 371 g/mol. The Morgan fingerprint density at radius 1 is 1.23 bits per heavy atom. The number of carbonyl (C=O) groups excluding carboxylic acids is 2. The van der Waals surface area contributed by atoms with Crippen LogP contribution in [-0.4, -0.2) is 33.5 Å². The molecule has 2 heterocycles. The maximum absolute atomic E-state index is 12.0. The van der Waals surface area contributed by atoms with Crippen LogP contribution in [0, 0.1) is 10.1 Å². The van der Waals surface area contributed by atoms with Crippen LogP contribution in [0.4, 0.5) is 11.5 Å². The molecule has 0 atom stereocenters. The number of rotatable bonds is 6. The molecule has 3 aromatic rings. The average Bonchev–Trinajstić information content (AvgIpc) is 3.31. The molecule has 2 amide bonds. The van der Waals surface area contributed by atoms with Crippen molar-refractivity contribution < 1.29 is 14.5 Å². The first kappa shape index (κ1) is 17.3. The van der Waals surface area contributed by atoms with Crippen LogP contribution >= 0.6 is 11.3 Å². The topological polar surface area (TPSA) is 130 Å². The van der Waals surface area contributed by atoms with Gasteiger partial charge < -0.3 is 10.6 Å². The summed E-state index contributed by atoms with van der Waals surface area (Å²) in [6, 6.07) is 10.8. The van der Waals surface area contributed by atoms with Crippen molar-refractivity contribution >= 4 is 34.7 Å². The van der Waals surface area contributed by atoms with Crippen molar-refractivity contribution in [2.75, 3.05) is 11.9 Å². The van der Waals surface area contributed by atoms with Crippen LogP contribution in [0.25, 0.3) is 10.6 Å². The van der Waals surface area contributed by atoms with Gasteiger partial charge in [0.1, 0.15) is 0 Å². The zero-order valence-corrected chi connectivity index (χ0v) is 14.1. The van der Waals surface area contributed by atoms with Crippen molar-refractivity contribution in [2.24, 2.45) is 0 Å². The molecule has 132 valence electrons. The molecule has 3 rings (SSSR count). The molecule has 26 heavy (non-hydrogen) atoms. The molecule has 10 heteroatoms. The van der Waals surface area contributed by atoms with Crippen LogP contribution in [-0.2, 0) is 4.79 Å². The molecular weight excluding hydrogens is 358 g/mol. The van der Waals surface area contributed by atoms with Gasteiger partial charge in [0.25, 0.3) is 11.6 Å². The number of H-pyrrole nitrogens is 1. The first-order valence-corrected chi connectivity index (χ1v) is 8.32. The second-order valence-corrected chi connectivity index (χ2v) is 6.13. The number of hydrogen-bond acceptors (Lipinski definition) is 6. The summed E-state index contributed by atoms with van der Waals surface area (Å²) in [4.78, 5) is 35.1. The third-order valence-electron chi connectivity index (χ3n) is 3.36. The summed E-state index contributed by atoms with van der Waals surface area (Å²) in [5.74, 6) is -0.707. The Balaban J connectivity index is 1.55. The maximum atomic E-state index is 12.0. The molecular formula is C16H13N5O4S. The molecule has 0 aliphatic carbocycles. The summed E-state index contributed by atoms with van der Waals surface area (Å²) in [5.41, 5.74) is 0.683. The van der Waals surface area contributed by atoms with E-state index in [-0.39, 0.29) is 17.8 Å². The number of nitro benzene ring substituents is 1. The number of amides is 2. The van der Waals surface area contributed by atoms with Crippen molar-refractivity contribution in [3.8, 4) is 10.6 Å². The van der Waals surface area contributed by atoms with Crippen LogP contribution < -0.4 is 10.6 Å². The molecule has 0 unspecified atom stereocenters. The highest BCUT2D eigenvalue weighted by atomic mass is 32.1. The summed E-state index contributed by atoms with van der Waals surface area (Å²) in [5, 5.41) is 24.4. The molecule has 0 saturated heterocycles. The lowest BCUT2D eigenvalue weighted by Crippen LogP contribution is -2.32. The fraction of sp³-hybridized carbons (Fsp3) is 0.0625. The number of non-ortho nitro benzene ring substituents is 1. The summed E-state index contributed by atoms with van der Waals surface area (Å²) in [6.45, 7) is -0.289. The summed E-state index contributed by atoms with van der Waals surface area (Å²) in [6.07, 6.45) is 0. The summed E-state index contributed by atoms with van der Waals surface area (Å²) in [7, 11) is 0. The highest BCUT2D eigenvalue weighted by Crippen LogP contribution is 2.24. The largest absolute Gasteiger partial charge is 0.343 e. The standard InChI is InChI=1S/C16H13N5O4S/c22-15(18-14-8-12(19-20-14)13-5-2-6-26-13)9-17-16(23)10-3-1-4-11(7-10)21(24)25/h1-8H,9H2,(H,17,23)(H2,18,19,20,22). The van der Waals surface area contributed by atoms with E-state index in [2.05, 4.69) is 20.8 Å². The molecule has 0 aliphatic heterocycles. The van der Waals surface area contributed by atoms with E-state index in [0.717, 1.165) is 16.6 Å². The van der Waals surface area contributed by atoms with E-state index in [9.17, 15) is 19.7 Å². The second kappa shape index (κ2) is 7.57. The summed E-state index contributed by atoms with van der Waals surface area (Å²) < 4.78 is 0. The minimum Gasteiger partial charge on any atom is -0.343 e. The third-order valence-corrected chi connectivity index (χ3v) is 4.26. The number of aromatic nitrogens is 2. The fourth-order valence-electron chi connectivity index (χ4n) is 2.15. The van der Waals surface area contributed by atoms with E-state index in [1.54, 1.807) is 6.07 Å². The monoisotopic (exact) mass is 371 g/mol. The van der Waals surface area contributed by atoms with Crippen LogP contribution in [0.1, 0.15) is 10.4 Å². The number of aromatic amines is 1. The smallest absolute Gasteiger partial charge is 0.270 e. The number of anilines is 1. The quantitative estimate of drug-likeness (QED) is 0.452. The number of benzene rings is 1. The second-order valence-electron chi connectivity index (χ2n) is 5.18. The van der Waals surface area contributed by atoms with Gasteiger partial charge >= 0.3 is 0 Å². The predicted molar refractivity (Wildman–Crippen MR) is 96.0 cm³/mol. The molecule has 0 radical (unpaired) electrons. The molecule has 9 nitrogen and oxygen atoms in total. The van der Waals surface area contributed by atoms with Crippen molar-refractivity contribution in [1.82, 2.24) is 15.5 Å². The summed E-state index contributed by atoms with van der Waals surface area (Å²) >= 11 is 1.53. The number of nitro groups is 1. The van der Waals surface area contributed by atoms with Gasteiger partial charge in [-0.2, -0.15) is 5.10 Å². The van der Waals surface area contributed by atoms with Crippen LogP contribution in [0.2, 0.25) is 0 Å². The number of nitrogens with zero attached hydrogens (tertiary/aromatic N) is 2. The highest BCUT2D eigenvalue weighted by Gasteiger charge is 2.13. The lowest BCUT2D eigenvalue weighted by Gasteiger charge is -2.05. The first-order chi connectivity index (χ1) is 12.5. The number of hydrogen-bond donors (Lipinski definition) is 3. The van der Waals surface area contributed by atoms with E-state index in [4.69, 9.17) is 0 Å². The predicted octanol–water partition coefficient (Wildman–Crippen LogP) is 2.41. The van der Waals surface area contributed by atoms with Gasteiger partial charge in [-0.05, 0) is 17.5 Å². The third kappa shape index (κ3) is 4.11. The van der Waals surface area contributed by atoms with Crippen molar-refractivity contribution in [2.45, 2.75) is 0 Å². The van der Waals surface area contributed by atoms with E-state index in [0.29, 0.717) is 5.82 Å². The van der Waals surface area contributed by atoms with E-state index in [1.807, 2.05) is 17.5 Å². The van der Waals surface area contributed by atoms with Gasteiger partial charge in [0.2, 0.25) is 5.91 Å². The Hall–Kier alpha value is -3.53. The Morgan fingerprint density at radius 3 is 2.81 bits per heavy atom. The SMILES string of the molecule is O=C(CNC(=O)c1cccc([N+](=O)[O-])c1)Nc1cc(-c2cccs2)[nH]n1. The zero-order valence-electron chi connectivity index (χ0n) is 13.3. The van der Waals surface area contributed by atoms with Crippen molar-refractivity contribution in [3.05, 3.63) is 63.5 Å². The Kier molecular flexibility index (Phi) is 5.04. The lowest BCUT2D eigenvalue weighted by molar-refractivity contribution is -0.384. The van der Waals surface area contributed by atoms with E-state index < -0.39 is 16.7 Å². The first-order valence-electron chi connectivity index (χ1n) is 7.45. The minimum absolute atomic E-state index is 0.103. The van der Waals surface area contributed by atoms with Gasteiger partial charge in [-0.3, -0.25) is 24.8 Å². The van der Waals surface area contributed by atoms with Crippen molar-refractivity contribution in [1.29, 1.82) is 0 Å². The molecule has 0 fully saturated rings. The van der Waals surface area contributed by atoms with Crippen LogP contribution in [0.5, 0.6) is 0 Å². The van der Waals surface area contributed by atoms with Crippen LogP contribution in [0.15, 0.2) is 47.8 Å². The van der Waals surface area contributed by atoms with E-state index >= 15 is 0 Å². The van der Waals surface area contributed by atoms with Gasteiger partial charge in [-0.15, -0.1) is 11.3 Å². The van der Waals surface area contributed by atoms with Gasteiger partial charge in [-0.1, -0.05) is 12.1 Å². The molecule has 2 aromatic heterocycles. The van der Waals surface area contributed by atoms with Gasteiger partial charge in [-0.25, -0.2) is 0 Å². The molecule has 0 aliphatic rings. The van der Waals surface area contributed by atoms with Crippen LogP contribution in [0.3, 0.4) is 0 Å². The Bertz CT molecular complexity index is 951. The van der Waals surface area contributed by atoms with Gasteiger partial charge in [0, 0.05) is 23.8 Å². The fourth-order valence-corrected chi connectivity index (χ4v) is 2.85. The maximum Gasteiger partial charge on any atom is 0.270 e. The van der Waals surface area contributed by atoms with Gasteiger partial charge in [0.05, 0.1) is 22.0 Å². The van der Waals surface area contributed by atoms with Gasteiger partial charge in [0.15, 0.2) is 5.82 Å². The zero-order chi connectivity index (χ0) is 18.5.